The average Bonchev–Trinajstić information content (AvgIpc) is 2.55. The Morgan fingerprint density at radius 1 is 0.870 bits per heavy atom. The van der Waals surface area contributed by atoms with Gasteiger partial charge in [0.1, 0.15) is 0 Å². The van der Waals surface area contributed by atoms with Crippen LogP contribution in [0.5, 0.6) is 11.5 Å². The standard InChI is InChI=1S/C21H30O2/c1-2-3-4-5-6-7-8-9-10-11-12-13-14-16-19-17-15-18-20(22)21(19)23/h2-5,7-8,15,17-18,22-23H,6,9-14,16H2,1H3/b3-2-,5-4+,8-7-. The molecule has 2 N–H and O–H groups in total. The molecule has 1 aromatic rings. The molecule has 0 radical (unpaired) electrons. The highest BCUT2D eigenvalue weighted by Gasteiger charge is 2.04. The van der Waals surface area contributed by atoms with E-state index in [4.69, 9.17) is 0 Å². The van der Waals surface area contributed by atoms with Gasteiger partial charge < -0.3 is 10.2 Å². The second kappa shape index (κ2) is 12.6. The van der Waals surface area contributed by atoms with Crippen LogP contribution in [-0.2, 0) is 6.42 Å². The summed E-state index contributed by atoms with van der Waals surface area (Å²) in [6.45, 7) is 2.02. The molecule has 0 spiro atoms. The molecule has 0 aromatic heterocycles. The SMILES string of the molecule is C/C=C\C=C\C/C=C\CCCCCCCc1cccc(O)c1O. The zero-order chi connectivity index (χ0) is 16.8. The van der Waals surface area contributed by atoms with Crippen LogP contribution in [0.15, 0.2) is 54.7 Å². The van der Waals surface area contributed by atoms with Gasteiger partial charge in [0.2, 0.25) is 0 Å². The van der Waals surface area contributed by atoms with E-state index in [-0.39, 0.29) is 11.5 Å². The Kier molecular flexibility index (Phi) is 10.4. The molecule has 0 heterocycles. The van der Waals surface area contributed by atoms with Gasteiger partial charge in [-0.15, -0.1) is 0 Å². The lowest BCUT2D eigenvalue weighted by molar-refractivity contribution is 0.398. The molecule has 126 valence electrons. The number of aryl methyl sites for hydroxylation is 1. The zero-order valence-electron chi connectivity index (χ0n) is 14.2. The maximum Gasteiger partial charge on any atom is 0.160 e. The van der Waals surface area contributed by atoms with Crippen LogP contribution in [0.3, 0.4) is 0 Å². The molecule has 23 heavy (non-hydrogen) atoms. The molecule has 0 fully saturated rings. The summed E-state index contributed by atoms with van der Waals surface area (Å²) >= 11 is 0. The number of hydrogen-bond donors (Lipinski definition) is 2. The maximum absolute atomic E-state index is 9.72. The number of rotatable bonds is 11. The highest BCUT2D eigenvalue weighted by atomic mass is 16.3. The van der Waals surface area contributed by atoms with Crippen molar-refractivity contribution in [2.24, 2.45) is 0 Å². The predicted molar refractivity (Wildman–Crippen MR) is 98.9 cm³/mol. The molecule has 0 aliphatic heterocycles. The minimum Gasteiger partial charge on any atom is -0.504 e. The van der Waals surface area contributed by atoms with E-state index in [1.165, 1.54) is 31.7 Å². The van der Waals surface area contributed by atoms with Crippen molar-refractivity contribution in [3.63, 3.8) is 0 Å². The van der Waals surface area contributed by atoms with Crippen LogP contribution in [0.1, 0.15) is 57.4 Å². The van der Waals surface area contributed by atoms with Gasteiger partial charge in [-0.1, -0.05) is 67.9 Å². The van der Waals surface area contributed by atoms with Crippen molar-refractivity contribution < 1.29 is 10.2 Å². The predicted octanol–water partition coefficient (Wildman–Crippen LogP) is 6.06. The number of phenols is 2. The van der Waals surface area contributed by atoms with Crippen LogP contribution < -0.4 is 0 Å². The molecule has 0 unspecified atom stereocenters. The van der Waals surface area contributed by atoms with Crippen molar-refractivity contribution in [2.75, 3.05) is 0 Å². The van der Waals surface area contributed by atoms with E-state index in [9.17, 15) is 10.2 Å². The minimum absolute atomic E-state index is 0.0187. The topological polar surface area (TPSA) is 40.5 Å². The van der Waals surface area contributed by atoms with Gasteiger partial charge in [-0.25, -0.2) is 0 Å². The van der Waals surface area contributed by atoms with Gasteiger partial charge in [-0.05, 0) is 50.7 Å². The molecule has 0 aliphatic rings. The first kappa shape index (κ1) is 19.1. The lowest BCUT2D eigenvalue weighted by atomic mass is 10.0. The third kappa shape index (κ3) is 8.92. The third-order valence-corrected chi connectivity index (χ3v) is 3.79. The highest BCUT2D eigenvalue weighted by Crippen LogP contribution is 2.29. The summed E-state index contributed by atoms with van der Waals surface area (Å²) in [5, 5.41) is 19.2. The molecule has 0 atom stereocenters. The van der Waals surface area contributed by atoms with Crippen molar-refractivity contribution >= 4 is 0 Å². The quantitative estimate of drug-likeness (QED) is 0.225. The largest absolute Gasteiger partial charge is 0.504 e. The molecule has 1 rings (SSSR count). The summed E-state index contributed by atoms with van der Waals surface area (Å²) in [4.78, 5) is 0. The van der Waals surface area contributed by atoms with E-state index >= 15 is 0 Å². The van der Waals surface area contributed by atoms with Crippen LogP contribution in [0.2, 0.25) is 0 Å². The van der Waals surface area contributed by atoms with Gasteiger partial charge >= 0.3 is 0 Å². The fourth-order valence-corrected chi connectivity index (χ4v) is 2.45. The highest BCUT2D eigenvalue weighted by molar-refractivity contribution is 5.44. The number of unbranched alkanes of at least 4 members (excludes halogenated alkanes) is 5. The summed E-state index contributed by atoms with van der Waals surface area (Å²) in [7, 11) is 0. The van der Waals surface area contributed by atoms with Crippen molar-refractivity contribution in [2.45, 2.75) is 58.3 Å². The Morgan fingerprint density at radius 2 is 1.65 bits per heavy atom. The average molecular weight is 314 g/mol. The van der Waals surface area contributed by atoms with E-state index in [0.717, 1.165) is 31.2 Å². The number of benzene rings is 1. The maximum atomic E-state index is 9.72. The van der Waals surface area contributed by atoms with E-state index < -0.39 is 0 Å². The Balaban J connectivity index is 1.99. The van der Waals surface area contributed by atoms with Crippen LogP contribution in [0.25, 0.3) is 0 Å². The number of phenolic OH excluding ortho intramolecular Hbond substituents is 2. The van der Waals surface area contributed by atoms with Crippen molar-refractivity contribution in [1.29, 1.82) is 0 Å². The molecule has 2 heteroatoms. The van der Waals surface area contributed by atoms with Gasteiger partial charge in [0.15, 0.2) is 11.5 Å². The Hall–Kier alpha value is -1.96. The van der Waals surface area contributed by atoms with E-state index in [0.29, 0.717) is 0 Å². The number of aromatic hydroxyl groups is 2. The fraction of sp³-hybridized carbons (Fsp3) is 0.429. The van der Waals surface area contributed by atoms with Crippen LogP contribution in [0.4, 0.5) is 0 Å². The first-order valence-electron chi connectivity index (χ1n) is 8.68. The van der Waals surface area contributed by atoms with Crippen LogP contribution in [0, 0.1) is 0 Å². The molecular weight excluding hydrogens is 284 g/mol. The molecule has 0 saturated carbocycles. The number of allylic oxidation sites excluding steroid dienone is 6. The number of hydrogen-bond acceptors (Lipinski definition) is 2. The zero-order valence-corrected chi connectivity index (χ0v) is 14.2. The van der Waals surface area contributed by atoms with Crippen molar-refractivity contribution in [1.82, 2.24) is 0 Å². The first-order valence-corrected chi connectivity index (χ1v) is 8.68. The molecule has 0 bridgehead atoms. The minimum atomic E-state index is -0.0187. The molecule has 0 amide bonds. The lowest BCUT2D eigenvalue weighted by Crippen LogP contribution is -1.87. The fourth-order valence-electron chi connectivity index (χ4n) is 2.45. The summed E-state index contributed by atoms with van der Waals surface area (Å²) in [6.07, 6.45) is 21.8. The lowest BCUT2D eigenvalue weighted by Gasteiger charge is -2.05. The van der Waals surface area contributed by atoms with Crippen molar-refractivity contribution in [3.8, 4) is 11.5 Å². The second-order valence-corrected chi connectivity index (χ2v) is 5.75. The van der Waals surface area contributed by atoms with Crippen molar-refractivity contribution in [3.05, 3.63) is 60.2 Å². The van der Waals surface area contributed by atoms with E-state index in [1.54, 1.807) is 6.07 Å². The monoisotopic (exact) mass is 314 g/mol. The van der Waals surface area contributed by atoms with E-state index in [2.05, 4.69) is 24.3 Å². The summed E-state index contributed by atoms with van der Waals surface area (Å²) < 4.78 is 0. The van der Waals surface area contributed by atoms with Gasteiger partial charge in [0.05, 0.1) is 0 Å². The Bertz CT molecular complexity index is 513. The van der Waals surface area contributed by atoms with Gasteiger partial charge in [-0.3, -0.25) is 0 Å². The first-order chi connectivity index (χ1) is 11.3. The van der Waals surface area contributed by atoms with Gasteiger partial charge in [0, 0.05) is 0 Å². The molecular formula is C21H30O2. The summed E-state index contributed by atoms with van der Waals surface area (Å²) in [5.41, 5.74) is 0.846. The smallest absolute Gasteiger partial charge is 0.160 e. The summed E-state index contributed by atoms with van der Waals surface area (Å²) in [5.74, 6) is 0.0240. The molecule has 0 saturated heterocycles. The second-order valence-electron chi connectivity index (χ2n) is 5.75. The Labute approximate surface area is 140 Å². The molecule has 2 nitrogen and oxygen atoms in total. The summed E-state index contributed by atoms with van der Waals surface area (Å²) in [6, 6.07) is 5.18. The third-order valence-electron chi connectivity index (χ3n) is 3.79. The number of para-hydroxylation sites is 1. The van der Waals surface area contributed by atoms with Gasteiger partial charge in [0.25, 0.3) is 0 Å². The Morgan fingerprint density at radius 3 is 2.48 bits per heavy atom. The van der Waals surface area contributed by atoms with E-state index in [1.807, 2.05) is 25.1 Å². The molecule has 0 aliphatic carbocycles. The molecule has 1 aromatic carbocycles. The van der Waals surface area contributed by atoms with Crippen LogP contribution in [-0.4, -0.2) is 10.2 Å². The van der Waals surface area contributed by atoms with Crippen LogP contribution >= 0.6 is 0 Å². The van der Waals surface area contributed by atoms with Gasteiger partial charge in [-0.2, -0.15) is 0 Å². The normalized spacial score (nSPS) is 12.0.